The van der Waals surface area contributed by atoms with Crippen LogP contribution in [0.25, 0.3) is 0 Å². The molecule has 0 unspecified atom stereocenters. The van der Waals surface area contributed by atoms with Crippen LogP contribution in [0, 0.1) is 0 Å². The molecule has 1 amide bonds. The van der Waals surface area contributed by atoms with Crippen LogP contribution < -0.4 is 14.8 Å². The van der Waals surface area contributed by atoms with E-state index in [4.69, 9.17) is 14.2 Å². The molecule has 0 heterocycles. The first-order valence-corrected chi connectivity index (χ1v) is 8.39. The van der Waals surface area contributed by atoms with E-state index < -0.39 is 0 Å². The van der Waals surface area contributed by atoms with Crippen molar-refractivity contribution in [1.29, 1.82) is 0 Å². The third-order valence-electron chi connectivity index (χ3n) is 4.32. The molecule has 1 saturated carbocycles. The van der Waals surface area contributed by atoms with E-state index in [2.05, 4.69) is 11.4 Å². The number of benzene rings is 2. The molecule has 1 N–H and O–H groups in total. The predicted molar refractivity (Wildman–Crippen MR) is 95.4 cm³/mol. The van der Waals surface area contributed by atoms with E-state index in [1.165, 1.54) is 0 Å². The first kappa shape index (κ1) is 17.3. The minimum atomic E-state index is -0.115. The molecule has 2 aromatic carbocycles. The van der Waals surface area contributed by atoms with E-state index in [0.29, 0.717) is 30.4 Å². The number of ether oxygens (including phenoxy) is 3. The standard InChI is InChI=1S/C20H23NO4/c1-23-11-12-25-19-10-6-4-8-15(19)20(22)21-17-13-16(17)14-7-3-5-9-18(14)24-2/h3-10,16-17H,11-13H2,1-2H3,(H,21,22)/t16-,17-/m0/s1. The van der Waals surface area contributed by atoms with E-state index in [1.807, 2.05) is 30.3 Å². The Morgan fingerprint density at radius 1 is 1.04 bits per heavy atom. The lowest BCUT2D eigenvalue weighted by molar-refractivity contribution is 0.0942. The van der Waals surface area contributed by atoms with Crippen molar-refractivity contribution in [3.8, 4) is 11.5 Å². The van der Waals surface area contributed by atoms with Gasteiger partial charge < -0.3 is 19.5 Å². The smallest absolute Gasteiger partial charge is 0.255 e. The summed E-state index contributed by atoms with van der Waals surface area (Å²) in [5.41, 5.74) is 1.68. The molecule has 2 atom stereocenters. The third kappa shape index (κ3) is 4.12. The Morgan fingerprint density at radius 3 is 2.52 bits per heavy atom. The molecule has 0 aliphatic heterocycles. The number of methoxy groups -OCH3 is 2. The molecular formula is C20H23NO4. The molecule has 0 spiro atoms. The van der Waals surface area contributed by atoms with Crippen LogP contribution >= 0.6 is 0 Å². The molecule has 0 bridgehead atoms. The molecule has 0 radical (unpaired) electrons. The van der Waals surface area contributed by atoms with E-state index in [0.717, 1.165) is 17.7 Å². The van der Waals surface area contributed by atoms with Crippen molar-refractivity contribution in [3.05, 3.63) is 59.7 Å². The molecule has 1 aliphatic carbocycles. The minimum absolute atomic E-state index is 0.115. The Labute approximate surface area is 147 Å². The summed E-state index contributed by atoms with van der Waals surface area (Å²) in [7, 11) is 3.29. The summed E-state index contributed by atoms with van der Waals surface area (Å²) in [6.07, 6.45) is 0.915. The fourth-order valence-electron chi connectivity index (χ4n) is 2.93. The molecule has 5 heteroatoms. The van der Waals surface area contributed by atoms with Crippen molar-refractivity contribution >= 4 is 5.91 Å². The van der Waals surface area contributed by atoms with E-state index in [-0.39, 0.29) is 11.9 Å². The number of hydrogen-bond donors (Lipinski definition) is 1. The van der Waals surface area contributed by atoms with Gasteiger partial charge in [0, 0.05) is 19.1 Å². The zero-order valence-corrected chi connectivity index (χ0v) is 14.5. The molecule has 2 aromatic rings. The molecule has 132 valence electrons. The van der Waals surface area contributed by atoms with Gasteiger partial charge in [-0.1, -0.05) is 30.3 Å². The number of carbonyl (C=O) groups excluding carboxylic acids is 1. The van der Waals surface area contributed by atoms with Crippen LogP contribution in [0.2, 0.25) is 0 Å². The highest BCUT2D eigenvalue weighted by Gasteiger charge is 2.41. The van der Waals surface area contributed by atoms with Crippen LogP contribution in [0.1, 0.15) is 28.3 Å². The average Bonchev–Trinajstić information content (AvgIpc) is 3.41. The summed E-state index contributed by atoms with van der Waals surface area (Å²) in [6, 6.07) is 15.3. The minimum Gasteiger partial charge on any atom is -0.496 e. The van der Waals surface area contributed by atoms with Crippen molar-refractivity contribution in [1.82, 2.24) is 5.32 Å². The first-order chi connectivity index (χ1) is 12.2. The Balaban J connectivity index is 1.64. The van der Waals surface area contributed by atoms with Crippen molar-refractivity contribution in [2.45, 2.75) is 18.4 Å². The second-order valence-corrected chi connectivity index (χ2v) is 6.00. The lowest BCUT2D eigenvalue weighted by Gasteiger charge is -2.12. The summed E-state index contributed by atoms with van der Waals surface area (Å²) >= 11 is 0. The molecule has 25 heavy (non-hydrogen) atoms. The molecule has 0 saturated heterocycles. The van der Waals surface area contributed by atoms with Crippen molar-refractivity contribution < 1.29 is 19.0 Å². The number of para-hydroxylation sites is 2. The number of hydrogen-bond acceptors (Lipinski definition) is 4. The molecule has 5 nitrogen and oxygen atoms in total. The summed E-state index contributed by atoms with van der Waals surface area (Å²) in [5, 5.41) is 3.10. The Morgan fingerprint density at radius 2 is 1.76 bits per heavy atom. The number of amides is 1. The van der Waals surface area contributed by atoms with E-state index in [1.54, 1.807) is 26.4 Å². The number of carbonyl (C=O) groups is 1. The van der Waals surface area contributed by atoms with E-state index in [9.17, 15) is 4.79 Å². The second-order valence-electron chi connectivity index (χ2n) is 6.00. The van der Waals surface area contributed by atoms with Gasteiger partial charge in [0.15, 0.2) is 0 Å². The van der Waals surface area contributed by atoms with Gasteiger partial charge in [-0.25, -0.2) is 0 Å². The van der Waals surface area contributed by atoms with Crippen molar-refractivity contribution in [3.63, 3.8) is 0 Å². The van der Waals surface area contributed by atoms with Crippen LogP contribution in [-0.2, 0) is 4.74 Å². The Bertz CT molecular complexity index is 731. The lowest BCUT2D eigenvalue weighted by atomic mass is 10.1. The summed E-state index contributed by atoms with van der Waals surface area (Å²) in [5.74, 6) is 1.62. The lowest BCUT2D eigenvalue weighted by Crippen LogP contribution is -2.27. The molecule has 1 aliphatic rings. The molecule has 1 fully saturated rings. The van der Waals surface area contributed by atoms with Crippen LogP contribution in [0.3, 0.4) is 0 Å². The zero-order chi connectivity index (χ0) is 17.6. The van der Waals surface area contributed by atoms with Gasteiger partial charge in [-0.15, -0.1) is 0 Å². The maximum Gasteiger partial charge on any atom is 0.255 e. The maximum atomic E-state index is 12.6. The molecule has 0 aromatic heterocycles. The second kappa shape index (κ2) is 8.03. The maximum absolute atomic E-state index is 12.6. The van der Waals surface area contributed by atoms with Gasteiger partial charge in [0.2, 0.25) is 0 Å². The molecular weight excluding hydrogens is 318 g/mol. The van der Waals surface area contributed by atoms with Gasteiger partial charge in [-0.2, -0.15) is 0 Å². The van der Waals surface area contributed by atoms with Crippen LogP contribution in [0.15, 0.2) is 48.5 Å². The van der Waals surface area contributed by atoms with Gasteiger partial charge in [0.1, 0.15) is 18.1 Å². The normalized spacial score (nSPS) is 18.5. The fourth-order valence-corrected chi connectivity index (χ4v) is 2.93. The largest absolute Gasteiger partial charge is 0.496 e. The number of nitrogens with one attached hydrogen (secondary N) is 1. The highest BCUT2D eigenvalue weighted by molar-refractivity contribution is 5.97. The van der Waals surface area contributed by atoms with Gasteiger partial charge in [-0.3, -0.25) is 4.79 Å². The quantitative estimate of drug-likeness (QED) is 0.750. The Hall–Kier alpha value is -2.53. The average molecular weight is 341 g/mol. The van der Waals surface area contributed by atoms with Gasteiger partial charge in [0.05, 0.1) is 19.3 Å². The van der Waals surface area contributed by atoms with Crippen LogP contribution in [-0.4, -0.2) is 39.4 Å². The monoisotopic (exact) mass is 341 g/mol. The van der Waals surface area contributed by atoms with Gasteiger partial charge >= 0.3 is 0 Å². The van der Waals surface area contributed by atoms with Crippen molar-refractivity contribution in [2.24, 2.45) is 0 Å². The predicted octanol–water partition coefficient (Wildman–Crippen LogP) is 3.01. The topological polar surface area (TPSA) is 56.8 Å². The highest BCUT2D eigenvalue weighted by Crippen LogP contribution is 2.44. The first-order valence-electron chi connectivity index (χ1n) is 8.39. The summed E-state index contributed by atoms with van der Waals surface area (Å²) in [6.45, 7) is 0.891. The van der Waals surface area contributed by atoms with E-state index >= 15 is 0 Å². The Kier molecular flexibility index (Phi) is 5.56. The third-order valence-corrected chi connectivity index (χ3v) is 4.32. The molecule has 3 rings (SSSR count). The SMILES string of the molecule is COCCOc1ccccc1C(=O)N[C@H]1C[C@H]1c1ccccc1OC. The zero-order valence-electron chi connectivity index (χ0n) is 14.5. The van der Waals surface area contributed by atoms with Crippen molar-refractivity contribution in [2.75, 3.05) is 27.4 Å². The van der Waals surface area contributed by atoms with Gasteiger partial charge in [-0.05, 0) is 30.2 Å². The summed E-state index contributed by atoms with van der Waals surface area (Å²) in [4.78, 5) is 12.6. The van der Waals surface area contributed by atoms with Gasteiger partial charge in [0.25, 0.3) is 5.91 Å². The van der Waals surface area contributed by atoms with Crippen LogP contribution in [0.4, 0.5) is 0 Å². The fraction of sp³-hybridized carbons (Fsp3) is 0.350. The van der Waals surface area contributed by atoms with Crippen LogP contribution in [0.5, 0.6) is 11.5 Å². The number of rotatable bonds is 8. The summed E-state index contributed by atoms with van der Waals surface area (Å²) < 4.78 is 16.0. The highest BCUT2D eigenvalue weighted by atomic mass is 16.5.